The van der Waals surface area contributed by atoms with Crippen molar-refractivity contribution < 1.29 is 54.8 Å². The van der Waals surface area contributed by atoms with Gasteiger partial charge in [0, 0.05) is 11.5 Å². The van der Waals surface area contributed by atoms with Gasteiger partial charge in [-0.15, -0.1) is 0 Å². The van der Waals surface area contributed by atoms with Crippen LogP contribution in [-0.2, 0) is 19.0 Å². The summed E-state index contributed by atoms with van der Waals surface area (Å²) >= 11 is 0. The monoisotopic (exact) mass is 648 g/mol. The first-order valence-corrected chi connectivity index (χ1v) is 17.0. The van der Waals surface area contributed by atoms with Gasteiger partial charge in [0.15, 0.2) is 12.4 Å². The fraction of sp³-hybridized carbons (Fsp3) is 0.800. The van der Waals surface area contributed by atoms with E-state index in [-0.39, 0.29) is 29.3 Å². The molecule has 4 aliphatic carbocycles. The number of rotatable bonds is 7. The first kappa shape index (κ1) is 34.2. The van der Waals surface area contributed by atoms with Crippen molar-refractivity contribution in [3.05, 3.63) is 34.9 Å². The molecule has 258 valence electrons. The molecule has 0 unspecified atom stereocenters. The summed E-state index contributed by atoms with van der Waals surface area (Å²) in [6.45, 7) is 8.97. The highest BCUT2D eigenvalue weighted by molar-refractivity contribution is 5.92. The summed E-state index contributed by atoms with van der Waals surface area (Å²) in [5.41, 5.74) is 0.670. The van der Waals surface area contributed by atoms with Crippen molar-refractivity contribution in [2.45, 2.75) is 134 Å². The maximum absolute atomic E-state index is 13.3. The number of aliphatic hydroxyl groups excluding tert-OH is 6. The molecule has 1 saturated heterocycles. The summed E-state index contributed by atoms with van der Waals surface area (Å²) in [4.78, 5) is 13.3. The first-order valence-electron chi connectivity index (χ1n) is 17.0. The maximum atomic E-state index is 13.3. The average molecular weight is 649 g/mol. The van der Waals surface area contributed by atoms with E-state index in [1.807, 2.05) is 0 Å². The Morgan fingerprint density at radius 1 is 1.04 bits per heavy atom. The molecule has 2 saturated carbocycles. The maximum Gasteiger partial charge on any atom is 0.334 e. The molecule has 7 N–H and O–H groups in total. The molecule has 3 fully saturated rings. The second-order valence-electron chi connectivity index (χ2n) is 15.6. The van der Waals surface area contributed by atoms with Gasteiger partial charge in [-0.2, -0.15) is 0 Å². The van der Waals surface area contributed by atoms with Crippen LogP contribution in [0, 0.1) is 34.5 Å². The van der Waals surface area contributed by atoms with E-state index in [1.165, 1.54) is 18.1 Å². The molecule has 46 heavy (non-hydrogen) atoms. The minimum Gasteiger partial charge on any atom is -0.452 e. The summed E-state index contributed by atoms with van der Waals surface area (Å²) in [6.07, 6.45) is 0.754. The molecule has 0 radical (unpaired) electrons. The smallest absolute Gasteiger partial charge is 0.334 e. The van der Waals surface area contributed by atoms with Gasteiger partial charge in [0.1, 0.15) is 30.0 Å². The molecule has 11 heteroatoms. The van der Waals surface area contributed by atoms with Gasteiger partial charge < -0.3 is 50.0 Å². The number of ether oxygens (including phenoxy) is 3. The van der Waals surface area contributed by atoms with Crippen LogP contribution in [0.1, 0.15) is 73.1 Å². The predicted octanol–water partition coefficient (Wildman–Crippen LogP) is 1.26. The lowest BCUT2D eigenvalue weighted by Gasteiger charge is -2.53. The van der Waals surface area contributed by atoms with Gasteiger partial charge >= 0.3 is 5.97 Å². The Morgan fingerprint density at radius 3 is 2.41 bits per heavy atom. The molecule has 0 aromatic carbocycles. The molecular formula is C35H52O11. The molecule has 0 spiro atoms. The van der Waals surface area contributed by atoms with Crippen molar-refractivity contribution >= 4 is 5.97 Å². The summed E-state index contributed by atoms with van der Waals surface area (Å²) in [6, 6.07) is 0. The Hall–Kier alpha value is -1.67. The van der Waals surface area contributed by atoms with Gasteiger partial charge in [-0.3, -0.25) is 0 Å². The minimum absolute atomic E-state index is 0.0295. The fourth-order valence-corrected chi connectivity index (χ4v) is 9.85. The van der Waals surface area contributed by atoms with Crippen molar-refractivity contribution in [2.24, 2.45) is 34.5 Å². The minimum atomic E-state index is -1.65. The van der Waals surface area contributed by atoms with Crippen molar-refractivity contribution in [3.63, 3.8) is 0 Å². The summed E-state index contributed by atoms with van der Waals surface area (Å²) in [5, 5.41) is 73.7. The second kappa shape index (κ2) is 12.0. The number of hydrogen-bond acceptors (Lipinski definition) is 11. The van der Waals surface area contributed by atoms with Gasteiger partial charge in [0.25, 0.3) is 0 Å². The largest absolute Gasteiger partial charge is 0.452 e. The molecule has 0 bridgehead atoms. The third kappa shape index (κ3) is 5.08. The number of fused-ring (bicyclic) bond motifs is 5. The standard InChI is InChI=1S/C35H52O11/c1-16(2)35(43,17(3)37)26-13-21(31(42)46-26)27-24(38)14-23-20-7-6-18-12-19(8-10-33(18,4)22(20)9-11-34(23,27)5)44-32-30(41)29(40)28(39)25(15-36)45-32/h7,9,13,16-19,23-30,32,36-41,43H,6,8,10-12,14-15H2,1-5H3/t17-,18+,19-,23-,24+,25+,26+,27-,28+,29+,30-,32+,33-,34-,35+/m0/s1. The van der Waals surface area contributed by atoms with Crippen molar-refractivity contribution in [1.82, 2.24) is 0 Å². The second-order valence-corrected chi connectivity index (χ2v) is 15.6. The lowest BCUT2D eigenvalue weighted by atomic mass is 9.52. The molecule has 0 amide bonds. The number of allylic oxidation sites excluding steroid dienone is 4. The quantitative estimate of drug-likeness (QED) is 0.197. The highest BCUT2D eigenvalue weighted by Gasteiger charge is 2.61. The Bertz CT molecular complexity index is 1280. The highest BCUT2D eigenvalue weighted by Crippen LogP contribution is 2.65. The zero-order valence-corrected chi connectivity index (χ0v) is 27.5. The normalized spacial score (nSPS) is 47.5. The van der Waals surface area contributed by atoms with Crippen molar-refractivity contribution in [2.75, 3.05) is 6.61 Å². The van der Waals surface area contributed by atoms with Crippen molar-refractivity contribution in [3.8, 4) is 0 Å². The van der Waals surface area contributed by atoms with Crippen LogP contribution in [0.3, 0.4) is 0 Å². The molecular weight excluding hydrogens is 596 g/mol. The van der Waals surface area contributed by atoms with Crippen LogP contribution < -0.4 is 0 Å². The van der Waals surface area contributed by atoms with Crippen molar-refractivity contribution in [1.29, 1.82) is 0 Å². The molecule has 0 aromatic heterocycles. The topological polar surface area (TPSA) is 186 Å². The van der Waals surface area contributed by atoms with E-state index < -0.39 is 78.5 Å². The number of cyclic esters (lactones) is 1. The fourth-order valence-electron chi connectivity index (χ4n) is 9.85. The van der Waals surface area contributed by atoms with Gasteiger partial charge in [0.2, 0.25) is 0 Å². The van der Waals surface area contributed by atoms with Gasteiger partial charge in [-0.1, -0.05) is 39.8 Å². The van der Waals surface area contributed by atoms with Crippen LogP contribution in [0.15, 0.2) is 34.9 Å². The van der Waals surface area contributed by atoms with Crippen LogP contribution in [0.5, 0.6) is 0 Å². The Kier molecular flexibility index (Phi) is 8.95. The van der Waals surface area contributed by atoms with Crippen LogP contribution >= 0.6 is 0 Å². The zero-order valence-electron chi connectivity index (χ0n) is 27.5. The van der Waals surface area contributed by atoms with Gasteiger partial charge in [-0.25, -0.2) is 4.79 Å². The Labute approximate surface area is 270 Å². The predicted molar refractivity (Wildman–Crippen MR) is 165 cm³/mol. The van der Waals surface area contributed by atoms with E-state index in [0.717, 1.165) is 12.8 Å². The molecule has 15 atom stereocenters. The van der Waals surface area contributed by atoms with Gasteiger partial charge in [-0.05, 0) is 91.3 Å². The highest BCUT2D eigenvalue weighted by atomic mass is 16.7. The van der Waals surface area contributed by atoms with E-state index in [0.29, 0.717) is 31.3 Å². The third-order valence-electron chi connectivity index (χ3n) is 12.8. The molecule has 2 heterocycles. The third-order valence-corrected chi connectivity index (χ3v) is 12.8. The van der Waals surface area contributed by atoms with E-state index in [1.54, 1.807) is 19.9 Å². The Balaban J connectivity index is 1.21. The van der Waals surface area contributed by atoms with Gasteiger partial charge in [0.05, 0.1) is 24.9 Å². The van der Waals surface area contributed by atoms with E-state index in [9.17, 15) is 40.5 Å². The number of carbonyl (C=O) groups excluding carboxylic acids is 1. The molecule has 11 nitrogen and oxygen atoms in total. The molecule has 6 rings (SSSR count). The summed E-state index contributed by atoms with van der Waals surface area (Å²) in [7, 11) is 0. The lowest BCUT2D eigenvalue weighted by molar-refractivity contribution is -0.314. The van der Waals surface area contributed by atoms with Crippen LogP contribution in [-0.4, -0.2) is 109 Å². The zero-order chi connectivity index (χ0) is 33.5. The summed E-state index contributed by atoms with van der Waals surface area (Å²) < 4.78 is 17.4. The van der Waals surface area contributed by atoms with Crippen LogP contribution in [0.25, 0.3) is 0 Å². The number of hydrogen-bond donors (Lipinski definition) is 7. The van der Waals surface area contributed by atoms with E-state index >= 15 is 0 Å². The van der Waals surface area contributed by atoms with Crippen LogP contribution in [0.2, 0.25) is 0 Å². The summed E-state index contributed by atoms with van der Waals surface area (Å²) in [5.74, 6) is -1.13. The number of esters is 1. The number of carbonyl (C=O) groups is 1. The van der Waals surface area contributed by atoms with E-state index in [2.05, 4.69) is 26.0 Å². The molecule has 2 aliphatic heterocycles. The average Bonchev–Trinajstić information content (AvgIpc) is 3.51. The first-order chi connectivity index (χ1) is 21.6. The Morgan fingerprint density at radius 2 is 1.76 bits per heavy atom. The SMILES string of the molecule is CC(C)[C@@](O)([C@H](C)O)[C@H]1C=C([C@H]2[C@H](O)C[C@H]3C4=CC[C@@H]5C[C@@H](O[C@@H]6O[C@H](CO)[C@@H](O)[C@@H](O)[C@@H]6O)CC[C@]5(C)C4=CC[C@@]32C)C(=O)O1. The van der Waals surface area contributed by atoms with E-state index in [4.69, 9.17) is 14.2 Å². The molecule has 0 aromatic rings. The molecule has 6 aliphatic rings. The number of aliphatic hydroxyl groups is 7. The van der Waals surface area contributed by atoms with Crippen LogP contribution in [0.4, 0.5) is 0 Å². The lowest BCUT2D eigenvalue weighted by Crippen LogP contribution is -2.60.